The molecule has 0 aliphatic carbocycles. The topological polar surface area (TPSA) is 67.2 Å². The average Bonchev–Trinajstić information content (AvgIpc) is 2.78. The standard InChI is InChI=1S/C13H14IN3O2/c1-17-7-6-15-12(17)4-5-16-13(19)9-2-3-10(14)11(18)8-9/h2-3,6-8,18H,4-5H2,1H3,(H,16,19). The van der Waals surface area contributed by atoms with Crippen molar-refractivity contribution in [3.63, 3.8) is 0 Å². The number of amides is 1. The molecule has 0 aliphatic heterocycles. The Balaban J connectivity index is 1.91. The second kappa shape index (κ2) is 6.05. The van der Waals surface area contributed by atoms with E-state index in [1.54, 1.807) is 18.3 Å². The average molecular weight is 371 g/mol. The molecule has 0 unspecified atom stereocenters. The van der Waals surface area contributed by atoms with Gasteiger partial charge in [-0.05, 0) is 40.8 Å². The number of aryl methyl sites for hydroxylation is 1. The highest BCUT2D eigenvalue weighted by molar-refractivity contribution is 14.1. The second-order valence-electron chi connectivity index (χ2n) is 4.13. The van der Waals surface area contributed by atoms with E-state index >= 15 is 0 Å². The number of carbonyl (C=O) groups is 1. The summed E-state index contributed by atoms with van der Waals surface area (Å²) in [5, 5.41) is 12.4. The van der Waals surface area contributed by atoms with E-state index in [1.807, 2.05) is 40.4 Å². The number of benzene rings is 1. The molecule has 1 heterocycles. The Kier molecular flexibility index (Phi) is 4.41. The van der Waals surface area contributed by atoms with E-state index in [-0.39, 0.29) is 11.7 Å². The molecule has 5 nitrogen and oxygen atoms in total. The number of aromatic hydroxyl groups is 1. The zero-order chi connectivity index (χ0) is 13.8. The zero-order valence-electron chi connectivity index (χ0n) is 10.4. The summed E-state index contributed by atoms with van der Waals surface area (Å²) in [6, 6.07) is 4.87. The second-order valence-corrected chi connectivity index (χ2v) is 5.29. The summed E-state index contributed by atoms with van der Waals surface area (Å²) in [7, 11) is 1.92. The van der Waals surface area contributed by atoms with Crippen molar-refractivity contribution in [2.75, 3.05) is 6.54 Å². The molecule has 0 aliphatic rings. The van der Waals surface area contributed by atoms with Gasteiger partial charge in [0.25, 0.3) is 5.91 Å². The fraction of sp³-hybridized carbons (Fsp3) is 0.231. The first-order valence-electron chi connectivity index (χ1n) is 5.81. The van der Waals surface area contributed by atoms with Crippen molar-refractivity contribution < 1.29 is 9.90 Å². The number of nitrogens with zero attached hydrogens (tertiary/aromatic N) is 2. The van der Waals surface area contributed by atoms with Crippen LogP contribution in [0, 0.1) is 3.57 Å². The SMILES string of the molecule is Cn1ccnc1CCNC(=O)c1ccc(I)c(O)c1. The maximum atomic E-state index is 11.9. The van der Waals surface area contributed by atoms with Gasteiger partial charge in [-0.1, -0.05) is 0 Å². The number of imidazole rings is 1. The molecular weight excluding hydrogens is 357 g/mol. The largest absolute Gasteiger partial charge is 0.507 e. The third-order valence-electron chi connectivity index (χ3n) is 2.76. The van der Waals surface area contributed by atoms with Crippen molar-refractivity contribution in [2.45, 2.75) is 6.42 Å². The van der Waals surface area contributed by atoms with E-state index in [1.165, 1.54) is 6.07 Å². The van der Waals surface area contributed by atoms with Crippen LogP contribution in [0.25, 0.3) is 0 Å². The Bertz CT molecular complexity index is 595. The molecular formula is C13H14IN3O2. The molecule has 19 heavy (non-hydrogen) atoms. The number of hydrogen-bond donors (Lipinski definition) is 2. The molecule has 1 aromatic heterocycles. The van der Waals surface area contributed by atoms with Gasteiger partial charge in [0.1, 0.15) is 11.6 Å². The van der Waals surface area contributed by atoms with Crippen LogP contribution in [0.1, 0.15) is 16.2 Å². The summed E-state index contributed by atoms with van der Waals surface area (Å²) >= 11 is 2.01. The maximum absolute atomic E-state index is 11.9. The molecule has 0 saturated heterocycles. The first kappa shape index (κ1) is 13.9. The van der Waals surface area contributed by atoms with E-state index in [0.717, 1.165) is 9.39 Å². The Morgan fingerprint density at radius 1 is 1.53 bits per heavy atom. The van der Waals surface area contributed by atoms with Gasteiger partial charge in [0.2, 0.25) is 0 Å². The summed E-state index contributed by atoms with van der Waals surface area (Å²) in [5.41, 5.74) is 0.456. The molecule has 0 atom stereocenters. The first-order valence-corrected chi connectivity index (χ1v) is 6.88. The Hall–Kier alpha value is -1.57. The van der Waals surface area contributed by atoms with Gasteiger partial charge in [-0.2, -0.15) is 0 Å². The lowest BCUT2D eigenvalue weighted by molar-refractivity contribution is 0.0953. The van der Waals surface area contributed by atoms with Crippen LogP contribution in [0.15, 0.2) is 30.6 Å². The molecule has 0 saturated carbocycles. The summed E-state index contributed by atoms with van der Waals surface area (Å²) in [4.78, 5) is 16.1. The molecule has 0 fully saturated rings. The molecule has 0 radical (unpaired) electrons. The number of rotatable bonds is 4. The van der Waals surface area contributed by atoms with E-state index in [2.05, 4.69) is 10.3 Å². The van der Waals surface area contributed by atoms with Gasteiger partial charge in [-0.25, -0.2) is 4.98 Å². The van der Waals surface area contributed by atoms with Crippen molar-refractivity contribution in [2.24, 2.45) is 7.05 Å². The number of phenols is 1. The smallest absolute Gasteiger partial charge is 0.251 e. The van der Waals surface area contributed by atoms with Crippen molar-refractivity contribution >= 4 is 28.5 Å². The maximum Gasteiger partial charge on any atom is 0.251 e. The Morgan fingerprint density at radius 3 is 2.95 bits per heavy atom. The lowest BCUT2D eigenvalue weighted by Crippen LogP contribution is -2.26. The molecule has 100 valence electrons. The van der Waals surface area contributed by atoms with Crippen LogP contribution in [-0.2, 0) is 13.5 Å². The Labute approximate surface area is 124 Å². The van der Waals surface area contributed by atoms with Crippen LogP contribution >= 0.6 is 22.6 Å². The fourth-order valence-corrected chi connectivity index (χ4v) is 2.02. The molecule has 2 N–H and O–H groups in total. The Morgan fingerprint density at radius 2 is 2.32 bits per heavy atom. The number of carbonyl (C=O) groups excluding carboxylic acids is 1. The lowest BCUT2D eigenvalue weighted by atomic mass is 10.2. The van der Waals surface area contributed by atoms with Gasteiger partial charge in [0.05, 0.1) is 3.57 Å². The molecule has 0 spiro atoms. The van der Waals surface area contributed by atoms with Crippen LogP contribution in [0.2, 0.25) is 0 Å². The number of phenolic OH excluding ortho intramolecular Hbond substituents is 1. The lowest BCUT2D eigenvalue weighted by Gasteiger charge is -2.06. The van der Waals surface area contributed by atoms with Gasteiger partial charge >= 0.3 is 0 Å². The number of halogens is 1. The van der Waals surface area contributed by atoms with Gasteiger partial charge in [-0.3, -0.25) is 4.79 Å². The third-order valence-corrected chi connectivity index (χ3v) is 3.68. The van der Waals surface area contributed by atoms with Gasteiger partial charge in [0.15, 0.2) is 0 Å². The number of hydrogen-bond acceptors (Lipinski definition) is 3. The van der Waals surface area contributed by atoms with Crippen LogP contribution in [-0.4, -0.2) is 27.1 Å². The molecule has 1 aromatic carbocycles. The molecule has 1 amide bonds. The summed E-state index contributed by atoms with van der Waals surface area (Å²) in [6.07, 6.45) is 4.27. The molecule has 2 rings (SSSR count). The predicted octanol–water partition coefficient (Wildman–Crippen LogP) is 1.70. The minimum Gasteiger partial charge on any atom is -0.507 e. The fourth-order valence-electron chi connectivity index (χ4n) is 1.68. The first-order chi connectivity index (χ1) is 9.08. The number of aromatic nitrogens is 2. The van der Waals surface area contributed by atoms with Crippen LogP contribution < -0.4 is 5.32 Å². The highest BCUT2D eigenvalue weighted by Gasteiger charge is 2.08. The quantitative estimate of drug-likeness (QED) is 0.805. The van der Waals surface area contributed by atoms with E-state index in [4.69, 9.17) is 0 Å². The van der Waals surface area contributed by atoms with E-state index in [9.17, 15) is 9.90 Å². The number of nitrogens with one attached hydrogen (secondary N) is 1. The highest BCUT2D eigenvalue weighted by atomic mass is 127. The van der Waals surface area contributed by atoms with Gasteiger partial charge < -0.3 is 15.0 Å². The van der Waals surface area contributed by atoms with Gasteiger partial charge in [0, 0.05) is 38.0 Å². The van der Waals surface area contributed by atoms with Crippen molar-refractivity contribution in [3.05, 3.63) is 45.6 Å². The molecule has 2 aromatic rings. The normalized spacial score (nSPS) is 10.4. The minimum atomic E-state index is -0.194. The summed E-state index contributed by atoms with van der Waals surface area (Å²) in [5.74, 6) is 0.851. The minimum absolute atomic E-state index is 0.123. The van der Waals surface area contributed by atoms with E-state index in [0.29, 0.717) is 18.5 Å². The van der Waals surface area contributed by atoms with Crippen molar-refractivity contribution in [3.8, 4) is 5.75 Å². The van der Waals surface area contributed by atoms with Crippen LogP contribution in [0.3, 0.4) is 0 Å². The van der Waals surface area contributed by atoms with Crippen molar-refractivity contribution in [1.29, 1.82) is 0 Å². The zero-order valence-corrected chi connectivity index (χ0v) is 12.6. The highest BCUT2D eigenvalue weighted by Crippen LogP contribution is 2.20. The summed E-state index contributed by atoms with van der Waals surface area (Å²) in [6.45, 7) is 0.510. The third kappa shape index (κ3) is 3.46. The van der Waals surface area contributed by atoms with Crippen LogP contribution in [0.4, 0.5) is 0 Å². The van der Waals surface area contributed by atoms with Gasteiger partial charge in [-0.15, -0.1) is 0 Å². The van der Waals surface area contributed by atoms with Crippen molar-refractivity contribution in [1.82, 2.24) is 14.9 Å². The predicted molar refractivity (Wildman–Crippen MR) is 80.1 cm³/mol. The van der Waals surface area contributed by atoms with E-state index < -0.39 is 0 Å². The molecule has 0 bridgehead atoms. The van der Waals surface area contributed by atoms with Crippen LogP contribution in [0.5, 0.6) is 5.75 Å². The summed E-state index contributed by atoms with van der Waals surface area (Å²) < 4.78 is 2.64. The monoisotopic (exact) mass is 371 g/mol. The molecule has 6 heteroatoms.